The van der Waals surface area contributed by atoms with Crippen LogP contribution in [0.4, 0.5) is 0 Å². The van der Waals surface area contributed by atoms with Gasteiger partial charge in [-0.15, -0.1) is 0 Å². The quantitative estimate of drug-likeness (QED) is 0.548. The number of hydrogen-bond acceptors (Lipinski definition) is 2. The highest BCUT2D eigenvalue weighted by molar-refractivity contribution is 9.11. The second-order valence-corrected chi connectivity index (χ2v) is 7.33. The lowest BCUT2D eigenvalue weighted by atomic mass is 9.79. The maximum atomic E-state index is 5.80. The molecule has 2 aromatic carbocycles. The summed E-state index contributed by atoms with van der Waals surface area (Å²) in [6.07, 6.45) is 4.03. The maximum Gasteiger partial charge on any atom is 0.0721 e. The Hall–Kier alpha value is -0.680. The van der Waals surface area contributed by atoms with E-state index in [9.17, 15) is 0 Å². The molecule has 110 valence electrons. The van der Waals surface area contributed by atoms with Crippen LogP contribution in [0.3, 0.4) is 0 Å². The molecular weight excluding hydrogens is 392 g/mol. The first kappa shape index (κ1) is 15.2. The highest BCUT2D eigenvalue weighted by Gasteiger charge is 2.20. The molecular formula is C17H18Br2N2. The highest BCUT2D eigenvalue weighted by atomic mass is 79.9. The summed E-state index contributed by atoms with van der Waals surface area (Å²) in [5.41, 5.74) is 6.70. The minimum Gasteiger partial charge on any atom is -0.271 e. The fraction of sp³-hybridized carbons (Fsp3) is 0.294. The molecule has 2 aromatic rings. The summed E-state index contributed by atoms with van der Waals surface area (Å²) in [5, 5.41) is 0. The Bertz CT molecular complexity index is 621. The van der Waals surface area contributed by atoms with Crippen LogP contribution in [-0.4, -0.2) is 0 Å². The standard InChI is InChI=1S/C17H18Br2N2/c18-14-8-9-15(16(19)10-14)17(21-20)13-6-4-12(5-7-13)11-2-1-3-11/h4-11,17,21H,1-3,20H2. The van der Waals surface area contributed by atoms with Crippen molar-refractivity contribution in [2.75, 3.05) is 0 Å². The molecule has 3 N–H and O–H groups in total. The Balaban J connectivity index is 1.88. The van der Waals surface area contributed by atoms with E-state index in [0.29, 0.717) is 0 Å². The Morgan fingerprint density at radius 3 is 2.29 bits per heavy atom. The van der Waals surface area contributed by atoms with Crippen molar-refractivity contribution in [3.05, 3.63) is 68.1 Å². The van der Waals surface area contributed by atoms with Gasteiger partial charge in [-0.2, -0.15) is 0 Å². The van der Waals surface area contributed by atoms with Crippen LogP contribution in [0.15, 0.2) is 51.4 Å². The van der Waals surface area contributed by atoms with Crippen LogP contribution >= 0.6 is 31.9 Å². The van der Waals surface area contributed by atoms with E-state index in [-0.39, 0.29) is 6.04 Å². The third-order valence-corrected chi connectivity index (χ3v) is 5.47. The third-order valence-electron chi connectivity index (χ3n) is 4.29. The van der Waals surface area contributed by atoms with E-state index in [1.54, 1.807) is 0 Å². The number of nitrogens with two attached hydrogens (primary N) is 1. The van der Waals surface area contributed by atoms with Gasteiger partial charge in [0, 0.05) is 8.95 Å². The van der Waals surface area contributed by atoms with Gasteiger partial charge < -0.3 is 0 Å². The molecule has 1 aliphatic rings. The molecule has 21 heavy (non-hydrogen) atoms. The second kappa shape index (κ2) is 6.61. The molecule has 1 atom stereocenters. The lowest BCUT2D eigenvalue weighted by Gasteiger charge is -2.26. The topological polar surface area (TPSA) is 38.0 Å². The van der Waals surface area contributed by atoms with Crippen LogP contribution in [-0.2, 0) is 0 Å². The smallest absolute Gasteiger partial charge is 0.0721 e. The van der Waals surface area contributed by atoms with Crippen molar-refractivity contribution in [2.24, 2.45) is 5.84 Å². The van der Waals surface area contributed by atoms with Gasteiger partial charge in [-0.3, -0.25) is 5.84 Å². The largest absolute Gasteiger partial charge is 0.271 e. The lowest BCUT2D eigenvalue weighted by Crippen LogP contribution is -2.29. The van der Waals surface area contributed by atoms with Crippen molar-refractivity contribution in [1.29, 1.82) is 0 Å². The van der Waals surface area contributed by atoms with E-state index in [1.807, 2.05) is 12.1 Å². The van der Waals surface area contributed by atoms with E-state index < -0.39 is 0 Å². The molecule has 1 fully saturated rings. The number of hydrogen-bond donors (Lipinski definition) is 2. The average Bonchev–Trinajstić information content (AvgIpc) is 2.42. The molecule has 1 saturated carbocycles. The molecule has 4 heteroatoms. The van der Waals surface area contributed by atoms with Crippen LogP contribution in [0.5, 0.6) is 0 Å². The number of nitrogens with one attached hydrogen (secondary N) is 1. The third kappa shape index (κ3) is 3.24. The summed E-state index contributed by atoms with van der Waals surface area (Å²) >= 11 is 7.10. The average molecular weight is 410 g/mol. The fourth-order valence-electron chi connectivity index (χ4n) is 2.80. The molecule has 0 saturated heterocycles. The van der Waals surface area contributed by atoms with Gasteiger partial charge in [-0.25, -0.2) is 5.43 Å². The molecule has 0 bridgehead atoms. The molecule has 1 unspecified atom stereocenters. The molecule has 0 amide bonds. The molecule has 2 nitrogen and oxygen atoms in total. The number of rotatable bonds is 4. The van der Waals surface area contributed by atoms with Gasteiger partial charge in [0.25, 0.3) is 0 Å². The zero-order valence-electron chi connectivity index (χ0n) is 11.7. The first-order valence-electron chi connectivity index (χ1n) is 7.20. The molecule has 0 spiro atoms. The van der Waals surface area contributed by atoms with Crippen molar-refractivity contribution >= 4 is 31.9 Å². The van der Waals surface area contributed by atoms with E-state index in [0.717, 1.165) is 20.4 Å². The van der Waals surface area contributed by atoms with Gasteiger partial charge in [-0.1, -0.05) is 68.6 Å². The minimum absolute atomic E-state index is 0.0112. The minimum atomic E-state index is -0.0112. The predicted molar refractivity (Wildman–Crippen MR) is 94.0 cm³/mol. The molecule has 3 rings (SSSR count). The van der Waals surface area contributed by atoms with Crippen molar-refractivity contribution in [2.45, 2.75) is 31.2 Å². The van der Waals surface area contributed by atoms with Gasteiger partial charge in [0.2, 0.25) is 0 Å². The van der Waals surface area contributed by atoms with Gasteiger partial charge in [0.15, 0.2) is 0 Å². The van der Waals surface area contributed by atoms with Gasteiger partial charge >= 0.3 is 0 Å². The van der Waals surface area contributed by atoms with E-state index >= 15 is 0 Å². The van der Waals surface area contributed by atoms with E-state index in [4.69, 9.17) is 5.84 Å². The molecule has 0 radical (unpaired) electrons. The molecule has 0 heterocycles. The summed E-state index contributed by atoms with van der Waals surface area (Å²) < 4.78 is 2.09. The van der Waals surface area contributed by atoms with Crippen LogP contribution in [0.25, 0.3) is 0 Å². The summed E-state index contributed by atoms with van der Waals surface area (Å²) in [4.78, 5) is 0. The van der Waals surface area contributed by atoms with Crippen LogP contribution < -0.4 is 11.3 Å². The normalized spacial score (nSPS) is 16.5. The number of hydrazine groups is 1. The first-order chi connectivity index (χ1) is 10.2. The summed E-state index contributed by atoms with van der Waals surface area (Å²) in [6, 6.07) is 15.0. The van der Waals surface area contributed by atoms with Gasteiger partial charge in [-0.05, 0) is 47.6 Å². The SMILES string of the molecule is NNC(c1ccc(C2CCC2)cc1)c1ccc(Br)cc1Br. The van der Waals surface area contributed by atoms with Crippen LogP contribution in [0.2, 0.25) is 0 Å². The fourth-order valence-corrected chi connectivity index (χ4v) is 4.08. The van der Waals surface area contributed by atoms with Gasteiger partial charge in [0.1, 0.15) is 0 Å². The molecule has 0 aromatic heterocycles. The van der Waals surface area contributed by atoms with Crippen molar-refractivity contribution in [3.63, 3.8) is 0 Å². The van der Waals surface area contributed by atoms with Crippen molar-refractivity contribution in [3.8, 4) is 0 Å². The van der Waals surface area contributed by atoms with E-state index in [2.05, 4.69) is 67.6 Å². The summed E-state index contributed by atoms with van der Waals surface area (Å²) in [6.45, 7) is 0. The zero-order chi connectivity index (χ0) is 14.8. The zero-order valence-corrected chi connectivity index (χ0v) is 14.8. The van der Waals surface area contributed by atoms with Gasteiger partial charge in [0.05, 0.1) is 6.04 Å². The number of benzene rings is 2. The van der Waals surface area contributed by atoms with Crippen LogP contribution in [0.1, 0.15) is 47.9 Å². The Morgan fingerprint density at radius 2 is 1.76 bits per heavy atom. The summed E-state index contributed by atoms with van der Waals surface area (Å²) in [7, 11) is 0. The first-order valence-corrected chi connectivity index (χ1v) is 8.78. The van der Waals surface area contributed by atoms with Crippen LogP contribution in [0, 0.1) is 0 Å². The van der Waals surface area contributed by atoms with Crippen molar-refractivity contribution in [1.82, 2.24) is 5.43 Å². The Labute approximate surface area is 142 Å². The molecule has 1 aliphatic carbocycles. The monoisotopic (exact) mass is 408 g/mol. The molecule has 0 aliphatic heterocycles. The number of halogens is 2. The Morgan fingerprint density at radius 1 is 1.05 bits per heavy atom. The predicted octanol–water partition coefficient (Wildman–Crippen LogP) is 5.03. The highest BCUT2D eigenvalue weighted by Crippen LogP contribution is 2.37. The maximum absolute atomic E-state index is 5.80. The van der Waals surface area contributed by atoms with E-state index in [1.165, 1.54) is 30.4 Å². The summed E-state index contributed by atoms with van der Waals surface area (Å²) in [5.74, 6) is 6.56. The second-order valence-electron chi connectivity index (χ2n) is 5.56. The Kier molecular flexibility index (Phi) is 4.79. The van der Waals surface area contributed by atoms with Crippen molar-refractivity contribution < 1.29 is 0 Å². The lowest BCUT2D eigenvalue weighted by molar-refractivity contribution is 0.419.